The molecule has 0 radical (unpaired) electrons. The molecule has 0 aromatic heterocycles. The number of anilines is 2. The van der Waals surface area contributed by atoms with Gasteiger partial charge in [0.15, 0.2) is 11.6 Å². The van der Waals surface area contributed by atoms with Crippen molar-refractivity contribution in [2.75, 3.05) is 22.9 Å². The lowest BCUT2D eigenvalue weighted by molar-refractivity contribution is -0.298. The van der Waals surface area contributed by atoms with Crippen LogP contribution in [0, 0.1) is 0 Å². The SMILES string of the molecule is CCCCN1C=CC(=C2C(=O)C(c3ccc(-c4ccc(C5=C([O-])C(=C6C=CN(CCCC)c7ccccc76)C5=O)cc4)cc3)=C2[O-])c2ccccc21. The van der Waals surface area contributed by atoms with E-state index >= 15 is 0 Å². The van der Waals surface area contributed by atoms with Gasteiger partial charge in [-0.05, 0) is 70.5 Å². The highest BCUT2D eigenvalue weighted by molar-refractivity contribution is 6.42. The molecule has 0 amide bonds. The minimum Gasteiger partial charge on any atom is -0.871 e. The summed E-state index contributed by atoms with van der Waals surface area (Å²) in [5.74, 6) is -0.942. The summed E-state index contributed by atoms with van der Waals surface area (Å²) in [6, 6.07) is 30.6. The summed E-state index contributed by atoms with van der Waals surface area (Å²) in [7, 11) is 0. The predicted octanol–water partition coefficient (Wildman–Crippen LogP) is 7.84. The van der Waals surface area contributed by atoms with Crippen molar-refractivity contribution in [2.45, 2.75) is 39.5 Å². The molecule has 0 N–H and O–H groups in total. The largest absolute Gasteiger partial charge is 0.871 e. The van der Waals surface area contributed by atoms with Crippen molar-refractivity contribution in [1.29, 1.82) is 0 Å². The summed E-state index contributed by atoms with van der Waals surface area (Å²) in [4.78, 5) is 31.3. The zero-order valence-electron chi connectivity index (χ0n) is 29.3. The lowest BCUT2D eigenvalue weighted by atomic mass is 9.78. The Morgan fingerprint density at radius 1 is 0.481 bits per heavy atom. The van der Waals surface area contributed by atoms with E-state index in [2.05, 4.69) is 23.6 Å². The molecule has 4 aromatic rings. The Labute approximate surface area is 304 Å². The maximum absolute atomic E-state index is 13.5. The molecule has 6 nitrogen and oxygen atoms in total. The van der Waals surface area contributed by atoms with Gasteiger partial charge in [-0.2, -0.15) is 0 Å². The van der Waals surface area contributed by atoms with Crippen molar-refractivity contribution >= 4 is 45.2 Å². The van der Waals surface area contributed by atoms with E-state index in [1.165, 1.54) is 0 Å². The molecule has 0 fully saturated rings. The number of hydrogen-bond acceptors (Lipinski definition) is 6. The minimum atomic E-state index is -0.235. The van der Waals surface area contributed by atoms with Gasteiger partial charge in [0.05, 0.1) is 0 Å². The van der Waals surface area contributed by atoms with Crippen LogP contribution in [-0.2, 0) is 9.59 Å². The molecule has 8 rings (SSSR count). The first-order valence-corrected chi connectivity index (χ1v) is 18.1. The summed E-state index contributed by atoms with van der Waals surface area (Å²) >= 11 is 0. The first-order valence-electron chi connectivity index (χ1n) is 18.1. The van der Waals surface area contributed by atoms with Crippen LogP contribution in [0.3, 0.4) is 0 Å². The van der Waals surface area contributed by atoms with Crippen LogP contribution < -0.4 is 20.0 Å². The number of carbonyl (C=O) groups is 2. The van der Waals surface area contributed by atoms with Gasteiger partial charge in [0.25, 0.3) is 0 Å². The molecule has 0 bridgehead atoms. The van der Waals surface area contributed by atoms with Crippen molar-refractivity contribution in [3.8, 4) is 11.1 Å². The second-order valence-electron chi connectivity index (χ2n) is 13.6. The van der Waals surface area contributed by atoms with Crippen LogP contribution in [0.5, 0.6) is 0 Å². The Hall–Kier alpha value is -6.14. The highest BCUT2D eigenvalue weighted by atomic mass is 16.3. The standard InChI is InChI=1S/C46H40N2O4/c1-3-5-25-47-27-23-35(33-11-7-9-13-37(33)47)41-43(49)39(44(41)50)31-19-15-29(16-20-31)30-17-21-32(22-18-30)40-45(51)42(46(40)52)36-24-28-48(26-6-4-2)38-14-10-8-12-34(36)38/h7-24,27-28,49,51H,3-6,25-26H2,1-2H3/p-2. The van der Waals surface area contributed by atoms with Gasteiger partial charge in [0, 0.05) is 70.3 Å². The number of Topliss-reactive ketones (excluding diaryl/α,β-unsaturated/α-hetero) is 2. The van der Waals surface area contributed by atoms with Gasteiger partial charge in [0.1, 0.15) is 0 Å². The zero-order valence-corrected chi connectivity index (χ0v) is 29.3. The Morgan fingerprint density at radius 3 is 1.21 bits per heavy atom. The molecule has 4 aromatic carbocycles. The molecule has 2 heterocycles. The number of fused-ring (bicyclic) bond motifs is 2. The molecule has 6 heteroatoms. The molecule has 258 valence electrons. The molecule has 0 spiro atoms. The van der Waals surface area contributed by atoms with Crippen molar-refractivity contribution in [2.24, 2.45) is 0 Å². The van der Waals surface area contributed by atoms with Crippen LogP contribution in [0.4, 0.5) is 11.4 Å². The van der Waals surface area contributed by atoms with E-state index in [1.54, 1.807) is 24.3 Å². The second-order valence-corrected chi connectivity index (χ2v) is 13.6. The van der Waals surface area contributed by atoms with Crippen LogP contribution in [0.15, 0.2) is 144 Å². The monoisotopic (exact) mass is 682 g/mol. The van der Waals surface area contributed by atoms with E-state index in [1.807, 2.05) is 97.3 Å². The fraction of sp³-hybridized carbons (Fsp3) is 0.174. The quantitative estimate of drug-likeness (QED) is 0.167. The number of para-hydroxylation sites is 2. The van der Waals surface area contributed by atoms with Crippen molar-refractivity contribution in [1.82, 2.24) is 0 Å². The Morgan fingerprint density at radius 2 is 0.846 bits per heavy atom. The van der Waals surface area contributed by atoms with Crippen LogP contribution in [0.1, 0.15) is 61.8 Å². The van der Waals surface area contributed by atoms with E-state index < -0.39 is 0 Å². The number of hydrogen-bond donors (Lipinski definition) is 0. The first kappa shape index (κ1) is 33.0. The van der Waals surface area contributed by atoms with Gasteiger partial charge in [-0.15, -0.1) is 0 Å². The average molecular weight is 683 g/mol. The maximum atomic E-state index is 13.5. The Kier molecular flexibility index (Phi) is 8.59. The summed E-state index contributed by atoms with van der Waals surface area (Å²) in [6.07, 6.45) is 12.0. The van der Waals surface area contributed by atoms with Gasteiger partial charge >= 0.3 is 0 Å². The number of nitrogens with zero attached hydrogens (tertiary/aromatic N) is 2. The third-order valence-corrected chi connectivity index (χ3v) is 10.4. The number of benzene rings is 4. The van der Waals surface area contributed by atoms with Gasteiger partial charge in [-0.25, -0.2) is 0 Å². The van der Waals surface area contributed by atoms with E-state index in [0.717, 1.165) is 72.4 Å². The summed E-state index contributed by atoms with van der Waals surface area (Å²) in [5.41, 5.74) is 9.02. The fourth-order valence-corrected chi connectivity index (χ4v) is 7.52. The van der Waals surface area contributed by atoms with E-state index in [0.29, 0.717) is 22.3 Å². The van der Waals surface area contributed by atoms with Gasteiger partial charge in [0.2, 0.25) is 0 Å². The molecule has 0 unspecified atom stereocenters. The van der Waals surface area contributed by atoms with Gasteiger partial charge in [-0.1, -0.05) is 123 Å². The molecule has 2 aliphatic heterocycles. The third kappa shape index (κ3) is 5.43. The molecular weight excluding hydrogens is 645 g/mol. The fourth-order valence-electron chi connectivity index (χ4n) is 7.52. The molecule has 2 aliphatic carbocycles. The molecule has 0 saturated carbocycles. The molecule has 52 heavy (non-hydrogen) atoms. The summed E-state index contributed by atoms with van der Waals surface area (Å²) in [5, 5.41) is 27.0. The summed E-state index contributed by atoms with van der Waals surface area (Å²) in [6.45, 7) is 6.06. The molecule has 0 atom stereocenters. The Bertz CT molecular complexity index is 2150. The first-order chi connectivity index (χ1) is 25.4. The smallest absolute Gasteiger partial charge is 0.193 e. The van der Waals surface area contributed by atoms with Crippen molar-refractivity contribution in [3.05, 3.63) is 167 Å². The third-order valence-electron chi connectivity index (χ3n) is 10.4. The average Bonchev–Trinajstić information content (AvgIpc) is 3.18. The molecule has 0 saturated heterocycles. The minimum absolute atomic E-state index is 0.205. The number of unbranched alkanes of at least 4 members (excludes halogenated alkanes) is 2. The van der Waals surface area contributed by atoms with E-state index in [4.69, 9.17) is 0 Å². The van der Waals surface area contributed by atoms with E-state index in [9.17, 15) is 19.8 Å². The number of carbonyl (C=O) groups excluding carboxylic acids is 2. The topological polar surface area (TPSA) is 86.7 Å². The molecular formula is C46H38N2O4-2. The number of ketones is 2. The van der Waals surface area contributed by atoms with Crippen LogP contribution >= 0.6 is 0 Å². The van der Waals surface area contributed by atoms with Crippen LogP contribution in [0.2, 0.25) is 0 Å². The highest BCUT2D eigenvalue weighted by Gasteiger charge is 2.34. The molecule has 4 aliphatic rings. The maximum Gasteiger partial charge on any atom is 0.193 e. The van der Waals surface area contributed by atoms with E-state index in [-0.39, 0.29) is 45.4 Å². The highest BCUT2D eigenvalue weighted by Crippen LogP contribution is 2.45. The Balaban J connectivity index is 1.02. The number of rotatable bonds is 9. The lowest BCUT2D eigenvalue weighted by Gasteiger charge is -2.35. The second kappa shape index (κ2) is 13.5. The van der Waals surface area contributed by atoms with Gasteiger partial charge < -0.3 is 20.0 Å². The van der Waals surface area contributed by atoms with Gasteiger partial charge in [-0.3, -0.25) is 9.59 Å². The predicted molar refractivity (Wildman–Crippen MR) is 205 cm³/mol. The lowest BCUT2D eigenvalue weighted by Crippen LogP contribution is -2.31. The number of allylic oxidation sites excluding steroid dienone is 8. The van der Waals surface area contributed by atoms with Crippen LogP contribution in [-0.4, -0.2) is 24.7 Å². The van der Waals surface area contributed by atoms with Crippen molar-refractivity contribution < 1.29 is 19.8 Å². The zero-order chi connectivity index (χ0) is 35.9. The van der Waals surface area contributed by atoms with Crippen LogP contribution in [0.25, 0.3) is 33.4 Å². The summed E-state index contributed by atoms with van der Waals surface area (Å²) < 4.78 is 0. The normalized spacial score (nSPS) is 19.2. The van der Waals surface area contributed by atoms with Crippen molar-refractivity contribution in [3.63, 3.8) is 0 Å².